The Morgan fingerprint density at radius 1 is 1.10 bits per heavy atom. The molecule has 104 valence electrons. The molecule has 1 saturated carbocycles. The van der Waals surface area contributed by atoms with Gasteiger partial charge in [-0.2, -0.15) is 0 Å². The lowest BCUT2D eigenvalue weighted by Crippen LogP contribution is -2.20. The fraction of sp³-hybridized carbons (Fsp3) is 0.294. The molecule has 0 spiro atoms. The summed E-state index contributed by atoms with van der Waals surface area (Å²) in [5.41, 5.74) is 9.49. The zero-order chi connectivity index (χ0) is 13.9. The molecule has 0 radical (unpaired) electrons. The second-order valence-electron chi connectivity index (χ2n) is 5.35. The van der Waals surface area contributed by atoms with Gasteiger partial charge in [-0.05, 0) is 42.0 Å². The van der Waals surface area contributed by atoms with Gasteiger partial charge >= 0.3 is 0 Å². The number of halogens is 1. The minimum absolute atomic E-state index is 0.0863. The summed E-state index contributed by atoms with van der Waals surface area (Å²) in [6.45, 7) is 0.536. The number of hydrogen-bond acceptors (Lipinski definition) is 2. The highest BCUT2D eigenvalue weighted by Gasteiger charge is 2.23. The first-order chi connectivity index (χ1) is 9.78. The Balaban J connectivity index is 1.77. The first-order valence-corrected chi connectivity index (χ1v) is 7.46. The van der Waals surface area contributed by atoms with Crippen molar-refractivity contribution in [1.82, 2.24) is 0 Å². The highest BCUT2D eigenvalue weighted by molar-refractivity contribution is 6.33. The molecule has 2 aromatic rings. The predicted octanol–water partition coefficient (Wildman–Crippen LogP) is 4.33. The fourth-order valence-electron chi connectivity index (χ4n) is 2.46. The molecule has 0 heterocycles. The average molecular weight is 287 g/mol. The van der Waals surface area contributed by atoms with Crippen LogP contribution in [0.3, 0.4) is 0 Å². The molecule has 0 amide bonds. The maximum Gasteiger partial charge on any atom is 0.0637 e. The van der Waals surface area contributed by atoms with Crippen molar-refractivity contribution in [2.45, 2.75) is 24.8 Å². The smallest absolute Gasteiger partial charge is 0.0637 e. The van der Waals surface area contributed by atoms with Crippen LogP contribution in [0.15, 0.2) is 48.5 Å². The van der Waals surface area contributed by atoms with Gasteiger partial charge in [0, 0.05) is 6.54 Å². The van der Waals surface area contributed by atoms with Crippen LogP contribution in [0.5, 0.6) is 0 Å². The van der Waals surface area contributed by atoms with E-state index in [2.05, 4.69) is 29.6 Å². The summed E-state index contributed by atoms with van der Waals surface area (Å²) in [4.78, 5) is 0. The summed E-state index contributed by atoms with van der Waals surface area (Å²) in [7, 11) is 0. The van der Waals surface area contributed by atoms with Gasteiger partial charge in [0.2, 0.25) is 0 Å². The molecule has 0 bridgehead atoms. The Bertz CT molecular complexity index is 576. The molecule has 1 fully saturated rings. The monoisotopic (exact) mass is 286 g/mol. The quantitative estimate of drug-likeness (QED) is 0.858. The molecule has 3 rings (SSSR count). The summed E-state index contributed by atoms with van der Waals surface area (Å²) in [6, 6.07) is 16.6. The maximum absolute atomic E-state index is 6.18. The predicted molar refractivity (Wildman–Crippen MR) is 85.3 cm³/mol. The number of benzene rings is 2. The number of nitrogens with one attached hydrogen (secondary N) is 1. The molecule has 1 unspecified atom stereocenters. The Morgan fingerprint density at radius 3 is 2.40 bits per heavy atom. The van der Waals surface area contributed by atoms with Crippen molar-refractivity contribution >= 4 is 17.3 Å². The van der Waals surface area contributed by atoms with E-state index in [0.717, 1.165) is 16.6 Å². The van der Waals surface area contributed by atoms with Crippen LogP contribution < -0.4 is 11.1 Å². The summed E-state index contributed by atoms with van der Waals surface area (Å²) in [6.07, 6.45) is 2.66. The van der Waals surface area contributed by atoms with Gasteiger partial charge in [-0.15, -0.1) is 0 Å². The highest BCUT2D eigenvalue weighted by atomic mass is 35.5. The zero-order valence-electron chi connectivity index (χ0n) is 11.4. The van der Waals surface area contributed by atoms with E-state index in [1.807, 2.05) is 24.3 Å². The van der Waals surface area contributed by atoms with Crippen LogP contribution in [0.25, 0.3) is 0 Å². The van der Waals surface area contributed by atoms with E-state index in [-0.39, 0.29) is 6.04 Å². The first-order valence-electron chi connectivity index (χ1n) is 7.09. The van der Waals surface area contributed by atoms with E-state index in [9.17, 15) is 0 Å². The standard InChI is InChI=1S/C17H19ClN2/c18-15-3-1-2-4-16(15)20-17(11-19)14-9-7-13(8-10-14)12-5-6-12/h1-4,7-10,12,17,20H,5-6,11,19H2. The van der Waals surface area contributed by atoms with Crippen LogP contribution in [0, 0.1) is 0 Å². The largest absolute Gasteiger partial charge is 0.376 e. The van der Waals surface area contributed by atoms with Crippen LogP contribution in [0.4, 0.5) is 5.69 Å². The molecule has 0 saturated heterocycles. The van der Waals surface area contributed by atoms with E-state index in [4.69, 9.17) is 17.3 Å². The van der Waals surface area contributed by atoms with Crippen molar-refractivity contribution in [2.24, 2.45) is 5.73 Å². The summed E-state index contributed by atoms with van der Waals surface area (Å²) < 4.78 is 0. The maximum atomic E-state index is 6.18. The van der Waals surface area contributed by atoms with Crippen molar-refractivity contribution < 1.29 is 0 Å². The molecule has 1 atom stereocenters. The average Bonchev–Trinajstić information content (AvgIpc) is 3.31. The molecule has 1 aliphatic rings. The number of anilines is 1. The van der Waals surface area contributed by atoms with E-state index < -0.39 is 0 Å². The van der Waals surface area contributed by atoms with Crippen molar-refractivity contribution in [3.8, 4) is 0 Å². The third kappa shape index (κ3) is 2.97. The molecule has 2 aromatic carbocycles. The van der Waals surface area contributed by atoms with E-state index in [1.165, 1.54) is 24.0 Å². The lowest BCUT2D eigenvalue weighted by Gasteiger charge is -2.19. The third-order valence-electron chi connectivity index (χ3n) is 3.83. The normalized spacial score (nSPS) is 15.9. The van der Waals surface area contributed by atoms with Gasteiger partial charge in [-0.3, -0.25) is 0 Å². The minimum atomic E-state index is 0.0863. The van der Waals surface area contributed by atoms with E-state index in [1.54, 1.807) is 0 Å². The van der Waals surface area contributed by atoms with Gasteiger partial charge in [0.05, 0.1) is 16.8 Å². The van der Waals surface area contributed by atoms with E-state index in [0.29, 0.717) is 6.54 Å². The molecule has 0 aliphatic heterocycles. The SMILES string of the molecule is NCC(Nc1ccccc1Cl)c1ccc(C2CC2)cc1. The van der Waals surface area contributed by atoms with Crippen molar-refractivity contribution in [2.75, 3.05) is 11.9 Å². The van der Waals surface area contributed by atoms with Gasteiger partial charge in [-0.1, -0.05) is 48.0 Å². The Kier molecular flexibility index (Phi) is 3.95. The number of rotatable bonds is 5. The molecule has 20 heavy (non-hydrogen) atoms. The van der Waals surface area contributed by atoms with Gasteiger partial charge in [0.15, 0.2) is 0 Å². The molecule has 0 aromatic heterocycles. The number of hydrogen-bond donors (Lipinski definition) is 2. The van der Waals surface area contributed by atoms with E-state index >= 15 is 0 Å². The lowest BCUT2D eigenvalue weighted by atomic mass is 10.0. The number of para-hydroxylation sites is 1. The van der Waals surface area contributed by atoms with Gasteiger partial charge in [0.25, 0.3) is 0 Å². The van der Waals surface area contributed by atoms with Crippen molar-refractivity contribution in [3.05, 3.63) is 64.7 Å². The van der Waals surface area contributed by atoms with Gasteiger partial charge < -0.3 is 11.1 Å². The Morgan fingerprint density at radius 2 is 1.80 bits per heavy atom. The van der Waals surface area contributed by atoms with Crippen LogP contribution in [0.1, 0.15) is 35.9 Å². The summed E-state index contributed by atoms with van der Waals surface area (Å²) in [5.74, 6) is 0.789. The highest BCUT2D eigenvalue weighted by Crippen LogP contribution is 2.40. The Hall–Kier alpha value is -1.51. The van der Waals surface area contributed by atoms with Crippen LogP contribution >= 0.6 is 11.6 Å². The summed E-state index contributed by atoms with van der Waals surface area (Å²) in [5, 5.41) is 4.14. The lowest BCUT2D eigenvalue weighted by molar-refractivity contribution is 0.789. The van der Waals surface area contributed by atoms with Crippen LogP contribution in [0.2, 0.25) is 5.02 Å². The third-order valence-corrected chi connectivity index (χ3v) is 4.16. The molecular formula is C17H19ClN2. The molecule has 1 aliphatic carbocycles. The number of nitrogens with two attached hydrogens (primary N) is 1. The zero-order valence-corrected chi connectivity index (χ0v) is 12.1. The van der Waals surface area contributed by atoms with Crippen LogP contribution in [-0.4, -0.2) is 6.54 Å². The minimum Gasteiger partial charge on any atom is -0.376 e. The van der Waals surface area contributed by atoms with Crippen molar-refractivity contribution in [1.29, 1.82) is 0 Å². The molecule has 3 N–H and O–H groups in total. The summed E-state index contributed by atoms with van der Waals surface area (Å²) >= 11 is 6.18. The fourth-order valence-corrected chi connectivity index (χ4v) is 2.65. The van der Waals surface area contributed by atoms with Crippen LogP contribution in [-0.2, 0) is 0 Å². The molecule has 2 nitrogen and oxygen atoms in total. The Labute approximate surface area is 125 Å². The topological polar surface area (TPSA) is 38.0 Å². The van der Waals surface area contributed by atoms with Gasteiger partial charge in [-0.25, -0.2) is 0 Å². The van der Waals surface area contributed by atoms with Crippen molar-refractivity contribution in [3.63, 3.8) is 0 Å². The second kappa shape index (κ2) is 5.86. The molecular weight excluding hydrogens is 268 g/mol. The molecule has 3 heteroatoms. The van der Waals surface area contributed by atoms with Gasteiger partial charge in [0.1, 0.15) is 0 Å². The second-order valence-corrected chi connectivity index (χ2v) is 5.76. The first kappa shape index (κ1) is 13.5.